The van der Waals surface area contributed by atoms with Crippen molar-refractivity contribution in [2.24, 2.45) is 5.84 Å². The number of halogens is 3. The van der Waals surface area contributed by atoms with Crippen LogP contribution in [0.15, 0.2) is 18.7 Å². The van der Waals surface area contributed by atoms with E-state index < -0.39 is 11.7 Å². The number of nitrogens with one attached hydrogen (secondary N) is 1. The van der Waals surface area contributed by atoms with E-state index in [0.717, 1.165) is 17.2 Å². The topological polar surface area (TPSA) is 90.9 Å². The van der Waals surface area contributed by atoms with Gasteiger partial charge in [0.2, 0.25) is 11.6 Å². The van der Waals surface area contributed by atoms with Crippen LogP contribution in [0.2, 0.25) is 0 Å². The maximum Gasteiger partial charge on any atom is 0.419 e. The zero-order valence-corrected chi connectivity index (χ0v) is 9.64. The molecule has 0 fully saturated rings. The van der Waals surface area contributed by atoms with Crippen molar-refractivity contribution in [2.45, 2.75) is 6.18 Å². The molecule has 0 radical (unpaired) electrons. The van der Waals surface area contributed by atoms with Gasteiger partial charge in [-0.05, 0) is 0 Å². The lowest BCUT2D eigenvalue weighted by molar-refractivity contribution is -0.137. The highest BCUT2D eigenvalue weighted by molar-refractivity contribution is 5.57. The van der Waals surface area contributed by atoms with Gasteiger partial charge in [-0.1, -0.05) is 0 Å². The van der Waals surface area contributed by atoms with Crippen LogP contribution >= 0.6 is 0 Å². The molecule has 0 amide bonds. The minimum atomic E-state index is -4.48. The molecule has 19 heavy (non-hydrogen) atoms. The van der Waals surface area contributed by atoms with Gasteiger partial charge in [0.1, 0.15) is 6.33 Å². The van der Waals surface area contributed by atoms with Crippen LogP contribution in [0.3, 0.4) is 0 Å². The van der Waals surface area contributed by atoms with Gasteiger partial charge in [0, 0.05) is 6.20 Å². The number of methoxy groups -OCH3 is 1. The van der Waals surface area contributed by atoms with Crippen LogP contribution in [0.1, 0.15) is 5.56 Å². The lowest BCUT2D eigenvalue weighted by Crippen LogP contribution is -2.12. The molecule has 0 unspecified atom stereocenters. The lowest BCUT2D eigenvalue weighted by Gasteiger charge is -2.10. The number of alkyl halides is 3. The SMILES string of the molecule is COc1c(NN)ncnc1-n1cc(C(F)(F)F)cn1. The first-order chi connectivity index (χ1) is 8.97. The Balaban J connectivity index is 2.50. The van der Waals surface area contributed by atoms with Gasteiger partial charge < -0.3 is 10.2 Å². The van der Waals surface area contributed by atoms with Crippen molar-refractivity contribution in [2.75, 3.05) is 12.5 Å². The van der Waals surface area contributed by atoms with Gasteiger partial charge in [-0.2, -0.15) is 18.3 Å². The van der Waals surface area contributed by atoms with Crippen molar-refractivity contribution >= 4 is 5.82 Å². The normalized spacial score (nSPS) is 11.4. The summed E-state index contributed by atoms with van der Waals surface area (Å²) in [5.74, 6) is 5.48. The van der Waals surface area contributed by atoms with Crippen molar-refractivity contribution < 1.29 is 17.9 Å². The Labute approximate surface area is 105 Å². The predicted molar refractivity (Wildman–Crippen MR) is 58.5 cm³/mol. The van der Waals surface area contributed by atoms with E-state index in [4.69, 9.17) is 10.6 Å². The Bertz CT molecular complexity index is 582. The monoisotopic (exact) mass is 274 g/mol. The molecule has 2 aromatic rings. The maximum atomic E-state index is 12.5. The summed E-state index contributed by atoms with van der Waals surface area (Å²) in [7, 11) is 1.32. The second-order valence-electron chi connectivity index (χ2n) is 3.39. The molecular weight excluding hydrogens is 265 g/mol. The quantitative estimate of drug-likeness (QED) is 0.640. The summed E-state index contributed by atoms with van der Waals surface area (Å²) in [6, 6.07) is 0. The third-order valence-electron chi connectivity index (χ3n) is 2.25. The molecule has 0 spiro atoms. The summed E-state index contributed by atoms with van der Waals surface area (Å²) in [5, 5.41) is 3.59. The van der Waals surface area contributed by atoms with E-state index in [1.807, 2.05) is 0 Å². The van der Waals surface area contributed by atoms with E-state index in [2.05, 4.69) is 20.5 Å². The predicted octanol–water partition coefficient (Wildman–Crippen LogP) is 0.975. The van der Waals surface area contributed by atoms with Crippen molar-refractivity contribution in [3.05, 3.63) is 24.3 Å². The van der Waals surface area contributed by atoms with Crippen LogP contribution in [0.25, 0.3) is 5.82 Å². The first kappa shape index (κ1) is 13.1. The molecule has 0 bridgehead atoms. The van der Waals surface area contributed by atoms with Gasteiger partial charge in [-0.3, -0.25) is 0 Å². The number of hydrogen-bond donors (Lipinski definition) is 2. The Hall–Kier alpha value is -2.36. The summed E-state index contributed by atoms with van der Waals surface area (Å²) in [6.07, 6.45) is -1.86. The fourth-order valence-corrected chi connectivity index (χ4v) is 1.40. The molecule has 7 nitrogen and oxygen atoms in total. The van der Waals surface area contributed by atoms with Crippen LogP contribution in [-0.2, 0) is 6.18 Å². The van der Waals surface area contributed by atoms with Crippen LogP contribution < -0.4 is 16.0 Å². The molecule has 0 aliphatic heterocycles. The van der Waals surface area contributed by atoms with E-state index in [-0.39, 0.29) is 17.4 Å². The van der Waals surface area contributed by atoms with Gasteiger partial charge in [0.15, 0.2) is 5.82 Å². The summed E-state index contributed by atoms with van der Waals surface area (Å²) >= 11 is 0. The highest BCUT2D eigenvalue weighted by Gasteiger charge is 2.32. The molecule has 2 rings (SSSR count). The summed E-state index contributed by atoms with van der Waals surface area (Å²) < 4.78 is 43.4. The fourth-order valence-electron chi connectivity index (χ4n) is 1.40. The number of aromatic nitrogens is 4. The highest BCUT2D eigenvalue weighted by Crippen LogP contribution is 2.31. The summed E-state index contributed by atoms with van der Waals surface area (Å²) in [4.78, 5) is 7.60. The number of nitrogens with zero attached hydrogens (tertiary/aromatic N) is 4. The molecule has 0 saturated carbocycles. The number of nitrogens with two attached hydrogens (primary N) is 1. The van der Waals surface area contributed by atoms with E-state index >= 15 is 0 Å². The van der Waals surface area contributed by atoms with Gasteiger partial charge in [-0.25, -0.2) is 20.5 Å². The first-order valence-electron chi connectivity index (χ1n) is 4.95. The van der Waals surface area contributed by atoms with E-state index in [0.29, 0.717) is 6.20 Å². The van der Waals surface area contributed by atoms with Crippen LogP contribution in [-0.4, -0.2) is 26.9 Å². The zero-order chi connectivity index (χ0) is 14.0. The average Bonchev–Trinajstić information content (AvgIpc) is 2.86. The van der Waals surface area contributed by atoms with Gasteiger partial charge in [0.05, 0.1) is 18.9 Å². The third kappa shape index (κ3) is 2.42. The van der Waals surface area contributed by atoms with Crippen molar-refractivity contribution in [3.8, 4) is 11.6 Å². The fraction of sp³-hybridized carbons (Fsp3) is 0.222. The van der Waals surface area contributed by atoms with Crippen molar-refractivity contribution in [3.63, 3.8) is 0 Å². The molecule has 10 heteroatoms. The van der Waals surface area contributed by atoms with Gasteiger partial charge in [0.25, 0.3) is 0 Å². The molecule has 102 valence electrons. The van der Waals surface area contributed by atoms with Crippen LogP contribution in [0.5, 0.6) is 5.75 Å². The van der Waals surface area contributed by atoms with E-state index in [1.165, 1.54) is 7.11 Å². The third-order valence-corrected chi connectivity index (χ3v) is 2.25. The Morgan fingerprint density at radius 1 is 1.37 bits per heavy atom. The zero-order valence-electron chi connectivity index (χ0n) is 9.64. The number of nitrogen functional groups attached to an aromatic ring is 1. The minimum absolute atomic E-state index is 0.0425. The molecule has 2 aromatic heterocycles. The largest absolute Gasteiger partial charge is 0.490 e. The van der Waals surface area contributed by atoms with E-state index in [9.17, 15) is 13.2 Å². The molecule has 0 aromatic carbocycles. The lowest BCUT2D eigenvalue weighted by atomic mass is 10.3. The molecule has 0 saturated heterocycles. The molecule has 0 aliphatic rings. The standard InChI is InChI=1S/C9H9F3N6O/c1-19-6-7(17-13)14-4-15-8(6)18-3-5(2-16-18)9(10,11)12/h2-4H,13H2,1H3,(H,14,15,17). The molecular formula is C9H9F3N6O. The number of rotatable bonds is 3. The highest BCUT2D eigenvalue weighted by atomic mass is 19.4. The van der Waals surface area contributed by atoms with E-state index in [1.54, 1.807) is 0 Å². The number of hydrazine groups is 1. The van der Waals surface area contributed by atoms with Gasteiger partial charge >= 0.3 is 6.18 Å². The van der Waals surface area contributed by atoms with Gasteiger partial charge in [-0.15, -0.1) is 0 Å². The minimum Gasteiger partial charge on any atom is -0.490 e. The summed E-state index contributed by atoms with van der Waals surface area (Å²) in [5.41, 5.74) is 1.36. The molecule has 0 atom stereocenters. The number of hydrogen-bond acceptors (Lipinski definition) is 6. The Morgan fingerprint density at radius 3 is 2.63 bits per heavy atom. The summed E-state index contributed by atoms with van der Waals surface area (Å²) in [6.45, 7) is 0. The van der Waals surface area contributed by atoms with Crippen molar-refractivity contribution in [1.82, 2.24) is 19.7 Å². The first-order valence-corrected chi connectivity index (χ1v) is 4.95. The Morgan fingerprint density at radius 2 is 2.11 bits per heavy atom. The van der Waals surface area contributed by atoms with Crippen LogP contribution in [0, 0.1) is 0 Å². The number of anilines is 1. The smallest absolute Gasteiger partial charge is 0.419 e. The van der Waals surface area contributed by atoms with Crippen LogP contribution in [0.4, 0.5) is 19.0 Å². The molecule has 0 aliphatic carbocycles. The maximum absolute atomic E-state index is 12.5. The second kappa shape index (κ2) is 4.72. The molecule has 3 N–H and O–H groups in total. The Kier molecular flexibility index (Phi) is 3.25. The number of ether oxygens (including phenoxy) is 1. The second-order valence-corrected chi connectivity index (χ2v) is 3.39. The molecule has 2 heterocycles. The average molecular weight is 274 g/mol. The van der Waals surface area contributed by atoms with Crippen molar-refractivity contribution in [1.29, 1.82) is 0 Å².